The summed E-state index contributed by atoms with van der Waals surface area (Å²) in [5.41, 5.74) is 1.74. The van der Waals surface area contributed by atoms with Gasteiger partial charge in [-0.3, -0.25) is 0 Å². The Hall–Kier alpha value is -2.45. The lowest BCUT2D eigenvalue weighted by Crippen LogP contribution is -2.16. The van der Waals surface area contributed by atoms with Crippen molar-refractivity contribution in [3.63, 3.8) is 0 Å². The Morgan fingerprint density at radius 2 is 1.70 bits per heavy atom. The minimum atomic E-state index is -3.37. The molecule has 4 aromatic rings. The fourth-order valence-corrected chi connectivity index (χ4v) is 5.72. The average Bonchev–Trinajstić information content (AvgIpc) is 3.41. The molecule has 5 nitrogen and oxygen atoms in total. The molecule has 0 atom stereocenters. The maximum Gasteiger partial charge on any atom is 0.180 e. The molecule has 0 saturated carbocycles. The summed E-state index contributed by atoms with van der Waals surface area (Å²) in [6.45, 7) is 6.75. The molecule has 0 unspecified atom stereocenters. The lowest BCUT2D eigenvalue weighted by atomic mass is 10.1. The topological polar surface area (TPSA) is 72.2 Å². The van der Waals surface area contributed by atoms with E-state index < -0.39 is 20.7 Å². The SMILES string of the molecule is CC(C)S(=O)(=O)c1cccc(-c2ccc(-c3cc(C(C)(C)O)nn3-c3ccccc3Cl)s2)c1. The lowest BCUT2D eigenvalue weighted by molar-refractivity contribution is 0.0734. The number of sulfone groups is 1. The molecule has 8 heteroatoms. The molecule has 0 aliphatic heterocycles. The molecule has 2 aromatic heterocycles. The van der Waals surface area contributed by atoms with Crippen molar-refractivity contribution in [3.05, 3.63) is 77.4 Å². The minimum absolute atomic E-state index is 0.315. The largest absolute Gasteiger partial charge is 0.384 e. The Labute approximate surface area is 203 Å². The number of hydrogen-bond donors (Lipinski definition) is 1. The smallest absolute Gasteiger partial charge is 0.180 e. The van der Waals surface area contributed by atoms with Gasteiger partial charge in [0.1, 0.15) is 5.60 Å². The number of benzene rings is 2. The first kappa shape index (κ1) is 23.7. The van der Waals surface area contributed by atoms with Crippen LogP contribution in [0.3, 0.4) is 0 Å². The van der Waals surface area contributed by atoms with E-state index in [0.29, 0.717) is 21.3 Å². The highest BCUT2D eigenvalue weighted by Crippen LogP contribution is 2.38. The lowest BCUT2D eigenvalue weighted by Gasteiger charge is -2.13. The summed E-state index contributed by atoms with van der Waals surface area (Å²) in [6, 6.07) is 20.2. The first-order valence-corrected chi connectivity index (χ1v) is 13.2. The summed E-state index contributed by atoms with van der Waals surface area (Å²) in [5.74, 6) is 0. The molecule has 33 heavy (non-hydrogen) atoms. The van der Waals surface area contributed by atoms with Crippen LogP contribution < -0.4 is 0 Å². The van der Waals surface area contributed by atoms with Crippen molar-refractivity contribution in [1.29, 1.82) is 0 Å². The molecule has 2 heterocycles. The summed E-state index contributed by atoms with van der Waals surface area (Å²) in [7, 11) is -3.37. The Morgan fingerprint density at radius 1 is 1.00 bits per heavy atom. The molecule has 4 rings (SSSR count). The van der Waals surface area contributed by atoms with Crippen LogP contribution in [0, 0.1) is 0 Å². The molecular formula is C25H25ClN2O3S2. The van der Waals surface area contributed by atoms with Crippen molar-refractivity contribution in [2.45, 2.75) is 43.4 Å². The molecule has 1 N–H and O–H groups in total. The van der Waals surface area contributed by atoms with Crippen LogP contribution in [-0.2, 0) is 15.4 Å². The zero-order valence-corrected chi connectivity index (χ0v) is 21.2. The Morgan fingerprint density at radius 3 is 2.36 bits per heavy atom. The summed E-state index contributed by atoms with van der Waals surface area (Å²) >= 11 is 7.98. The highest BCUT2D eigenvalue weighted by molar-refractivity contribution is 7.92. The van der Waals surface area contributed by atoms with E-state index in [4.69, 9.17) is 11.6 Å². The van der Waals surface area contributed by atoms with Gasteiger partial charge in [0.25, 0.3) is 0 Å². The van der Waals surface area contributed by atoms with E-state index in [1.165, 1.54) is 11.3 Å². The summed E-state index contributed by atoms with van der Waals surface area (Å²) in [4.78, 5) is 2.17. The van der Waals surface area contributed by atoms with Crippen molar-refractivity contribution in [1.82, 2.24) is 9.78 Å². The van der Waals surface area contributed by atoms with Gasteiger partial charge in [0.15, 0.2) is 9.84 Å². The zero-order valence-electron chi connectivity index (χ0n) is 18.8. The van der Waals surface area contributed by atoms with Crippen LogP contribution in [0.2, 0.25) is 5.02 Å². The van der Waals surface area contributed by atoms with Gasteiger partial charge in [0.2, 0.25) is 0 Å². The molecule has 0 aliphatic rings. The van der Waals surface area contributed by atoms with Gasteiger partial charge in [0.05, 0.1) is 37.1 Å². The van der Waals surface area contributed by atoms with Crippen molar-refractivity contribution in [3.8, 4) is 26.7 Å². The van der Waals surface area contributed by atoms with E-state index >= 15 is 0 Å². The maximum absolute atomic E-state index is 12.6. The molecule has 0 bridgehead atoms. The van der Waals surface area contributed by atoms with Gasteiger partial charge in [-0.05, 0) is 75.7 Å². The molecule has 0 amide bonds. The first-order chi connectivity index (χ1) is 15.5. The third-order valence-corrected chi connectivity index (χ3v) is 8.97. The second-order valence-electron chi connectivity index (χ2n) is 8.62. The van der Waals surface area contributed by atoms with Gasteiger partial charge in [-0.15, -0.1) is 11.3 Å². The van der Waals surface area contributed by atoms with Gasteiger partial charge in [0, 0.05) is 4.88 Å². The fraction of sp³-hybridized carbons (Fsp3) is 0.240. The van der Waals surface area contributed by atoms with Crippen LogP contribution >= 0.6 is 22.9 Å². The Kier molecular flexibility index (Phi) is 6.26. The summed E-state index contributed by atoms with van der Waals surface area (Å²) in [5, 5.41) is 15.3. The number of thiophene rings is 1. The highest BCUT2D eigenvalue weighted by Gasteiger charge is 2.25. The van der Waals surface area contributed by atoms with Crippen molar-refractivity contribution >= 4 is 32.8 Å². The number of nitrogens with zero attached hydrogens (tertiary/aromatic N) is 2. The number of rotatable bonds is 6. The van der Waals surface area contributed by atoms with Gasteiger partial charge < -0.3 is 5.11 Å². The zero-order chi connectivity index (χ0) is 24.0. The predicted octanol–water partition coefficient (Wildman–Crippen LogP) is 6.33. The van der Waals surface area contributed by atoms with Crippen LogP contribution in [0.5, 0.6) is 0 Å². The van der Waals surface area contributed by atoms with Crippen LogP contribution in [0.4, 0.5) is 0 Å². The van der Waals surface area contributed by atoms with Crippen LogP contribution in [-0.4, -0.2) is 28.6 Å². The third kappa shape index (κ3) is 4.64. The molecule has 0 radical (unpaired) electrons. The molecule has 0 fully saturated rings. The minimum Gasteiger partial charge on any atom is -0.384 e. The normalized spacial score (nSPS) is 12.5. The number of aromatic nitrogens is 2. The molecule has 2 aromatic carbocycles. The quantitative estimate of drug-likeness (QED) is 0.335. The molecule has 0 aliphatic carbocycles. The highest BCUT2D eigenvalue weighted by atomic mass is 35.5. The van der Waals surface area contributed by atoms with E-state index in [1.54, 1.807) is 56.6 Å². The van der Waals surface area contributed by atoms with Crippen LogP contribution in [0.1, 0.15) is 33.4 Å². The van der Waals surface area contributed by atoms with Crippen LogP contribution in [0.25, 0.3) is 26.7 Å². The van der Waals surface area contributed by atoms with E-state index in [0.717, 1.165) is 21.0 Å². The summed E-state index contributed by atoms with van der Waals surface area (Å²) in [6.07, 6.45) is 0. The van der Waals surface area contributed by atoms with Crippen LogP contribution in [0.15, 0.2) is 71.6 Å². The first-order valence-electron chi connectivity index (χ1n) is 10.5. The fourth-order valence-electron chi connectivity index (χ4n) is 3.39. The van der Waals surface area contributed by atoms with Crippen molar-refractivity contribution in [2.24, 2.45) is 0 Å². The van der Waals surface area contributed by atoms with Gasteiger partial charge in [-0.1, -0.05) is 35.9 Å². The van der Waals surface area contributed by atoms with E-state index in [2.05, 4.69) is 5.10 Å². The van der Waals surface area contributed by atoms with Gasteiger partial charge in [-0.25, -0.2) is 13.1 Å². The van der Waals surface area contributed by atoms with E-state index in [9.17, 15) is 13.5 Å². The molecule has 172 valence electrons. The number of para-hydroxylation sites is 1. The predicted molar refractivity (Wildman–Crippen MR) is 135 cm³/mol. The maximum atomic E-state index is 12.6. The standard InChI is InChI=1S/C25H25ClN2O3S2/c1-16(2)33(30,31)18-9-7-8-17(14-18)22-12-13-23(32-22)21-15-24(25(3,4)29)27-28(21)20-11-6-5-10-19(20)26/h5-16,29H,1-4H3. The van der Waals surface area contributed by atoms with E-state index in [1.807, 2.05) is 42.5 Å². The monoisotopic (exact) mass is 500 g/mol. The number of aliphatic hydroxyl groups is 1. The average molecular weight is 501 g/mol. The molecule has 0 saturated heterocycles. The third-order valence-electron chi connectivity index (χ3n) is 5.34. The number of halogens is 1. The van der Waals surface area contributed by atoms with Crippen molar-refractivity contribution < 1.29 is 13.5 Å². The Bertz CT molecular complexity index is 1410. The van der Waals surface area contributed by atoms with Crippen molar-refractivity contribution in [2.75, 3.05) is 0 Å². The molecule has 0 spiro atoms. The number of hydrogen-bond acceptors (Lipinski definition) is 5. The van der Waals surface area contributed by atoms with Gasteiger partial charge >= 0.3 is 0 Å². The second-order valence-corrected chi connectivity index (χ2v) is 12.6. The second kappa shape index (κ2) is 8.72. The molecular weight excluding hydrogens is 476 g/mol. The Balaban J connectivity index is 1.82. The van der Waals surface area contributed by atoms with Gasteiger partial charge in [-0.2, -0.15) is 5.10 Å². The summed E-state index contributed by atoms with van der Waals surface area (Å²) < 4.78 is 27.0. The van der Waals surface area contributed by atoms with E-state index in [-0.39, 0.29) is 0 Å².